The minimum atomic E-state index is -3.67. The highest BCUT2D eigenvalue weighted by Gasteiger charge is 2.38. The number of aryl methyl sites for hydroxylation is 8. The van der Waals surface area contributed by atoms with Crippen LogP contribution in [0, 0.1) is 0 Å². The summed E-state index contributed by atoms with van der Waals surface area (Å²) in [7, 11) is -4.25. The van der Waals surface area contributed by atoms with Gasteiger partial charge in [-0.3, -0.25) is 43.3 Å². The number of amides is 4. The standard InChI is InChI=1S/C33H29ClN2O.C30H29ClN2O2S.C29H29ClN2O4S.C28H27ClN2O2.4CH4/c34-28-15-16-29-27(22-28)14-13-26-12-7-19-35-32(26)31(29)25-17-20-36(21-18-25)33(37)30(23-8-3-1-4-9-23)24-10-5-2-6-11-24;1-36(20-34)19-27(21-6-3-2-4-7-21)30(35)33-16-13-22(14-17-33)28-26-12-11-25(31)18-24(26)10-9-23-8-5-15-32-29(23)28;1-37(34,35)36-19-26(20-6-3-2-4-7-20)29(33)32-16-13-21(14-17-32)27-25-12-11-24(30)18-23(25)10-9-22-8-5-15-31-28(22)27;29-23-10-11-24-22(17-23)9-8-21-7-4-14-30-27(21)26(24)20-12-15-31(16-13-20)28(33)25(18-32)19-5-2-1-3-6-19;;;;/h1-12,15-16,19,22,30H,13-14,17-18,20-21H2;2-8,11-12,15,18,27H,9-10,13-14,16-17,19H2,1H3;2-8,11-12,15,18,26H,9-10,13-14,16-17,19H2,1H3;1-7,10-11,14,17,25,32H,8-9,12-13,15-16,18H2;4*1H4. The number of aliphatic hydroxyl groups excluding tert-OH is 1. The minimum Gasteiger partial charge on any atom is -0.395 e. The Balaban J connectivity index is 0.000000154. The lowest BCUT2D eigenvalue weighted by molar-refractivity contribution is -0.134. The van der Waals surface area contributed by atoms with Crippen molar-refractivity contribution in [1.82, 2.24) is 39.5 Å². The SMILES string of the molecule is C.C.C.C.CS(=C=O)CC(C(=O)N1CCC(=C2c3ccc(Cl)cc3CCc3cccnc32)CC1)c1ccccc1.CS(=O)(=O)OCC(C(=O)N1CCC(=C2c3ccc(Cl)cc3CCc3cccnc32)CC1)c1ccccc1.O=C(C(CO)c1ccccc1)N1CCC(=C2c3ccc(Cl)cc3CCc3cccnc32)CC1.O=C(C(c1ccccc1)c1ccccc1)N1CCC(=C2c3ccc(Cl)cc3CCc3cccnc32)CC1. The number of nitrogens with zero attached hydrogens (tertiary/aromatic N) is 8. The van der Waals surface area contributed by atoms with Crippen molar-refractivity contribution in [3.05, 3.63) is 458 Å². The Morgan fingerprint density at radius 2 is 0.578 bits per heavy atom. The molecule has 21 rings (SSSR count). The summed E-state index contributed by atoms with van der Waals surface area (Å²) in [4.78, 5) is 92.7. The highest BCUT2D eigenvalue weighted by molar-refractivity contribution is 8.13. The number of pyridine rings is 4. The molecule has 760 valence electrons. The van der Waals surface area contributed by atoms with E-state index in [4.69, 9.17) is 70.5 Å². The van der Waals surface area contributed by atoms with E-state index >= 15 is 0 Å². The molecule has 4 unspecified atom stereocenters. The molecule has 147 heavy (non-hydrogen) atoms. The van der Waals surface area contributed by atoms with Crippen molar-refractivity contribution < 1.29 is 41.7 Å². The Labute approximate surface area is 890 Å². The van der Waals surface area contributed by atoms with E-state index in [-0.39, 0.29) is 78.4 Å². The molecule has 4 aliphatic heterocycles. The third kappa shape index (κ3) is 26.0. The summed E-state index contributed by atoms with van der Waals surface area (Å²) < 4.78 is 28.4. The number of hydrogen-bond acceptors (Lipinski definition) is 13. The van der Waals surface area contributed by atoms with Gasteiger partial charge in [-0.25, -0.2) is 4.79 Å². The first-order valence-electron chi connectivity index (χ1n) is 49.3. The van der Waals surface area contributed by atoms with Gasteiger partial charge < -0.3 is 24.7 Å². The summed E-state index contributed by atoms with van der Waals surface area (Å²) in [6, 6.07) is 90.2. The first kappa shape index (κ1) is 110. The fraction of sp³-hybridized carbons (Fsp3) is 0.298. The summed E-state index contributed by atoms with van der Waals surface area (Å²) in [5, 5.41) is 15.0. The molecule has 4 atom stereocenters. The lowest BCUT2D eigenvalue weighted by atomic mass is 9.87. The van der Waals surface area contributed by atoms with Gasteiger partial charge in [0.25, 0.3) is 10.1 Å². The fourth-order valence-corrected chi connectivity index (χ4v) is 23.7. The largest absolute Gasteiger partial charge is 0.395 e. The summed E-state index contributed by atoms with van der Waals surface area (Å²) in [5.41, 5.74) is 33.9. The number of halogens is 4. The lowest BCUT2D eigenvalue weighted by Gasteiger charge is -2.33. The Kier molecular flexibility index (Phi) is 38.4. The van der Waals surface area contributed by atoms with Crippen LogP contribution >= 0.6 is 56.9 Å². The van der Waals surface area contributed by atoms with E-state index in [0.29, 0.717) is 71.0 Å². The molecule has 4 amide bonds. The Morgan fingerprint density at radius 1 is 0.333 bits per heavy atom. The first-order valence-corrected chi connectivity index (χ1v) is 54.5. The molecule has 0 bridgehead atoms. The molecular formula is C124H130Cl4N8O9S2. The first-order chi connectivity index (χ1) is 69.7. The molecule has 0 radical (unpaired) electrons. The van der Waals surface area contributed by atoms with Crippen molar-refractivity contribution in [2.24, 2.45) is 0 Å². The van der Waals surface area contributed by atoms with E-state index in [9.17, 15) is 37.5 Å². The molecule has 23 heteroatoms. The summed E-state index contributed by atoms with van der Waals surface area (Å²) in [6.45, 7) is 4.73. The van der Waals surface area contributed by atoms with Crippen LogP contribution in [0.25, 0.3) is 22.3 Å². The number of likely N-dealkylation sites (tertiary alicyclic amines) is 4. The molecule has 17 nitrogen and oxygen atoms in total. The van der Waals surface area contributed by atoms with Crippen LogP contribution in [0.3, 0.4) is 0 Å². The third-order valence-corrected chi connectivity index (χ3v) is 31.5. The van der Waals surface area contributed by atoms with Crippen molar-refractivity contribution in [1.29, 1.82) is 0 Å². The molecule has 4 fully saturated rings. The van der Waals surface area contributed by atoms with Gasteiger partial charge in [0.2, 0.25) is 23.6 Å². The molecule has 8 heterocycles. The van der Waals surface area contributed by atoms with Crippen LogP contribution in [0.4, 0.5) is 0 Å². The molecule has 8 aliphatic rings. The number of rotatable bonds is 15. The van der Waals surface area contributed by atoms with Gasteiger partial charge in [-0.1, -0.05) is 299 Å². The van der Waals surface area contributed by atoms with E-state index < -0.39 is 32.4 Å². The van der Waals surface area contributed by atoms with Crippen molar-refractivity contribution >= 4 is 118 Å². The second-order valence-electron chi connectivity index (χ2n) is 37.7. The van der Waals surface area contributed by atoms with Crippen molar-refractivity contribution in [2.75, 3.05) is 83.8 Å². The maximum Gasteiger partial charge on any atom is 0.264 e. The average Bonchev–Trinajstić information content (AvgIpc) is 1.71. The zero-order valence-corrected chi connectivity index (χ0v) is 85.0. The Hall–Kier alpha value is -12.6. The zero-order chi connectivity index (χ0) is 99.0. The topological polar surface area (TPSA) is 213 Å². The molecule has 4 aliphatic carbocycles. The van der Waals surface area contributed by atoms with Gasteiger partial charge in [0.1, 0.15) is 0 Å². The molecule has 13 aromatic rings. The number of aliphatic hydroxyl groups is 1. The predicted molar refractivity (Wildman–Crippen MR) is 601 cm³/mol. The maximum atomic E-state index is 14.0. The molecule has 1 N–H and O–H groups in total. The number of aromatic nitrogens is 4. The normalized spacial score (nSPS) is 15.9. The molecule has 9 aromatic carbocycles. The van der Waals surface area contributed by atoms with Crippen LogP contribution < -0.4 is 0 Å². The van der Waals surface area contributed by atoms with Gasteiger partial charge >= 0.3 is 0 Å². The van der Waals surface area contributed by atoms with Gasteiger partial charge in [-0.05, 0) is 276 Å². The van der Waals surface area contributed by atoms with Gasteiger partial charge in [0.15, 0.2) is 5.23 Å². The van der Waals surface area contributed by atoms with Gasteiger partial charge in [0.05, 0.1) is 65.9 Å². The molecule has 0 saturated carbocycles. The molecular weight excluding hydrogens is 1950 g/mol. The summed E-state index contributed by atoms with van der Waals surface area (Å²) in [6.07, 6.45) is 24.1. The number of benzene rings is 9. The van der Waals surface area contributed by atoms with Gasteiger partial charge in [-0.2, -0.15) is 8.42 Å². The molecule has 4 aromatic heterocycles. The average molecular weight is 2080 g/mol. The fourth-order valence-electron chi connectivity index (χ4n) is 21.6. The predicted octanol–water partition coefficient (Wildman–Crippen LogP) is 25.7. The van der Waals surface area contributed by atoms with Crippen molar-refractivity contribution in [3.8, 4) is 0 Å². The Morgan fingerprint density at radius 3 is 0.850 bits per heavy atom. The minimum absolute atomic E-state index is 0. The second kappa shape index (κ2) is 51.3. The van der Waals surface area contributed by atoms with Gasteiger partial charge in [0, 0.05) is 125 Å². The van der Waals surface area contributed by atoms with Crippen molar-refractivity contribution in [2.45, 2.75) is 156 Å². The van der Waals surface area contributed by atoms with Crippen LogP contribution in [0.1, 0.15) is 222 Å². The maximum absolute atomic E-state index is 14.0. The highest BCUT2D eigenvalue weighted by atomic mass is 35.5. The Bertz CT molecular complexity index is 7130. The molecule has 0 spiro atoms. The van der Waals surface area contributed by atoms with E-state index in [0.717, 1.165) is 172 Å². The lowest BCUT2D eigenvalue weighted by Crippen LogP contribution is -2.41. The van der Waals surface area contributed by atoms with E-state index in [1.165, 1.54) is 106 Å². The summed E-state index contributed by atoms with van der Waals surface area (Å²) in [5.74, 6) is -1.15. The van der Waals surface area contributed by atoms with E-state index in [2.05, 4.69) is 96.2 Å². The van der Waals surface area contributed by atoms with Crippen LogP contribution in [-0.2, 0) is 89.6 Å². The summed E-state index contributed by atoms with van der Waals surface area (Å²) >= 11 is 25.4. The quantitative estimate of drug-likeness (QED) is 0.0748. The van der Waals surface area contributed by atoms with Gasteiger partial charge in [-0.15, -0.1) is 10.5 Å². The van der Waals surface area contributed by atoms with Crippen LogP contribution in [0.5, 0.6) is 0 Å². The number of carbonyl (C=O) groups is 4. The monoisotopic (exact) mass is 2080 g/mol. The number of carbonyl (C=O) groups excluding carboxylic acids is 5. The third-order valence-electron chi connectivity index (χ3n) is 28.8. The van der Waals surface area contributed by atoms with E-state index in [1.807, 2.05) is 233 Å². The molecule has 4 saturated heterocycles. The second-order valence-corrected chi connectivity index (χ2v) is 42.8. The van der Waals surface area contributed by atoms with Crippen LogP contribution in [-0.4, -0.2) is 166 Å². The van der Waals surface area contributed by atoms with Crippen LogP contribution in [0.15, 0.2) is 320 Å². The number of hydrogen-bond donors (Lipinski definition) is 1. The van der Waals surface area contributed by atoms with Crippen LogP contribution in [0.2, 0.25) is 20.1 Å². The smallest absolute Gasteiger partial charge is 0.264 e. The zero-order valence-electron chi connectivity index (χ0n) is 80.3. The number of piperidine rings is 4. The number of fused-ring (bicyclic) bond motifs is 8. The van der Waals surface area contributed by atoms with Crippen molar-refractivity contribution in [3.63, 3.8) is 0 Å². The highest BCUT2D eigenvalue weighted by Crippen LogP contribution is 2.46. The van der Waals surface area contributed by atoms with E-state index in [1.54, 1.807) is 0 Å².